The summed E-state index contributed by atoms with van der Waals surface area (Å²) in [5.41, 5.74) is -0.556. The van der Waals surface area contributed by atoms with Crippen molar-refractivity contribution in [2.45, 2.75) is 25.4 Å². The number of carbonyl (C=O) groups is 1. The third kappa shape index (κ3) is 1.50. The summed E-state index contributed by atoms with van der Waals surface area (Å²) in [6.45, 7) is 3.06. The van der Waals surface area contributed by atoms with Crippen LogP contribution in [0.25, 0.3) is 0 Å². The summed E-state index contributed by atoms with van der Waals surface area (Å²) >= 11 is 0. The molecule has 0 bridgehead atoms. The van der Waals surface area contributed by atoms with Gasteiger partial charge in [0.1, 0.15) is 0 Å². The van der Waals surface area contributed by atoms with Gasteiger partial charge in [0.2, 0.25) is 0 Å². The monoisotopic (exact) mass is 185 g/mol. The van der Waals surface area contributed by atoms with Gasteiger partial charge in [-0.3, -0.25) is 0 Å². The molecule has 1 aliphatic heterocycles. The molecule has 2 aliphatic rings. The molecular weight excluding hydrogens is 170 g/mol. The third-order valence-electron chi connectivity index (χ3n) is 3.25. The molecule has 2 fully saturated rings. The smallest absolute Gasteiger partial charge is 0.407 e. The zero-order valence-electron chi connectivity index (χ0n) is 7.73. The Balaban J connectivity index is 2.01. The van der Waals surface area contributed by atoms with E-state index in [1.807, 2.05) is 6.92 Å². The lowest BCUT2D eigenvalue weighted by molar-refractivity contribution is 0.0540. The van der Waals surface area contributed by atoms with E-state index in [4.69, 9.17) is 5.11 Å². The second-order valence-electron chi connectivity index (χ2n) is 4.61. The minimum absolute atomic E-state index is 0.381. The van der Waals surface area contributed by atoms with E-state index in [0.717, 1.165) is 12.8 Å². The molecule has 13 heavy (non-hydrogen) atoms. The lowest BCUT2D eigenvalue weighted by Crippen LogP contribution is -2.30. The number of aliphatic hydroxyl groups is 1. The van der Waals surface area contributed by atoms with Crippen LogP contribution < -0.4 is 0 Å². The minimum Gasteiger partial charge on any atom is -0.465 e. The Labute approximate surface area is 77.2 Å². The molecular formula is C9H15NO3. The van der Waals surface area contributed by atoms with E-state index in [1.165, 1.54) is 4.90 Å². The average Bonchev–Trinajstić information content (AvgIpc) is 2.39. The average molecular weight is 185 g/mol. The van der Waals surface area contributed by atoms with E-state index in [-0.39, 0.29) is 0 Å². The quantitative estimate of drug-likeness (QED) is 0.585. The molecule has 0 aromatic carbocycles. The van der Waals surface area contributed by atoms with Gasteiger partial charge in [-0.15, -0.1) is 0 Å². The van der Waals surface area contributed by atoms with Gasteiger partial charge in [-0.05, 0) is 31.6 Å². The van der Waals surface area contributed by atoms with Gasteiger partial charge in [-0.1, -0.05) is 0 Å². The fourth-order valence-electron chi connectivity index (χ4n) is 2.77. The summed E-state index contributed by atoms with van der Waals surface area (Å²) in [5.74, 6) is 0.761. The van der Waals surface area contributed by atoms with E-state index >= 15 is 0 Å². The van der Waals surface area contributed by atoms with Crippen molar-refractivity contribution in [3.05, 3.63) is 0 Å². The Morgan fingerprint density at radius 1 is 1.38 bits per heavy atom. The Morgan fingerprint density at radius 2 is 1.85 bits per heavy atom. The molecule has 2 N–H and O–H groups in total. The van der Waals surface area contributed by atoms with Crippen molar-refractivity contribution in [3.63, 3.8) is 0 Å². The van der Waals surface area contributed by atoms with Gasteiger partial charge in [-0.25, -0.2) is 4.79 Å². The number of carboxylic acid groups (broad SMARTS) is 1. The molecule has 1 saturated heterocycles. The van der Waals surface area contributed by atoms with Crippen molar-refractivity contribution in [2.24, 2.45) is 11.8 Å². The Morgan fingerprint density at radius 3 is 2.23 bits per heavy atom. The zero-order valence-corrected chi connectivity index (χ0v) is 7.73. The van der Waals surface area contributed by atoms with Crippen LogP contribution in [0, 0.1) is 11.8 Å². The van der Waals surface area contributed by atoms with Crippen LogP contribution in [0.2, 0.25) is 0 Å². The molecule has 4 heteroatoms. The van der Waals surface area contributed by atoms with E-state index in [2.05, 4.69) is 0 Å². The number of rotatable bonds is 0. The first-order valence-electron chi connectivity index (χ1n) is 4.68. The highest BCUT2D eigenvalue weighted by Gasteiger charge is 2.46. The second-order valence-corrected chi connectivity index (χ2v) is 4.61. The van der Waals surface area contributed by atoms with Gasteiger partial charge in [0.05, 0.1) is 5.60 Å². The summed E-state index contributed by atoms with van der Waals surface area (Å²) in [6, 6.07) is 0. The molecule has 1 heterocycles. The van der Waals surface area contributed by atoms with Gasteiger partial charge in [0.15, 0.2) is 0 Å². The van der Waals surface area contributed by atoms with Crippen molar-refractivity contribution >= 4 is 6.09 Å². The molecule has 1 saturated carbocycles. The van der Waals surface area contributed by atoms with Crippen molar-refractivity contribution < 1.29 is 15.0 Å². The molecule has 1 amide bonds. The predicted molar refractivity (Wildman–Crippen MR) is 46.4 cm³/mol. The third-order valence-corrected chi connectivity index (χ3v) is 3.25. The zero-order chi connectivity index (χ0) is 9.64. The van der Waals surface area contributed by atoms with Crippen LogP contribution >= 0.6 is 0 Å². The van der Waals surface area contributed by atoms with Gasteiger partial charge in [0, 0.05) is 13.1 Å². The minimum atomic E-state index is -0.825. The molecule has 2 unspecified atom stereocenters. The molecule has 1 aliphatic carbocycles. The van der Waals surface area contributed by atoms with Gasteiger partial charge in [-0.2, -0.15) is 0 Å². The van der Waals surface area contributed by atoms with E-state index < -0.39 is 11.7 Å². The molecule has 4 nitrogen and oxygen atoms in total. The predicted octanol–water partition coefficient (Wildman–Crippen LogP) is 0.757. The van der Waals surface area contributed by atoms with Gasteiger partial charge >= 0.3 is 6.09 Å². The molecule has 0 radical (unpaired) electrons. The first-order chi connectivity index (χ1) is 5.98. The van der Waals surface area contributed by atoms with Crippen LogP contribution in [0.15, 0.2) is 0 Å². The summed E-state index contributed by atoms with van der Waals surface area (Å²) in [4.78, 5) is 12.1. The number of hydrogen-bond acceptors (Lipinski definition) is 2. The van der Waals surface area contributed by atoms with E-state index in [1.54, 1.807) is 0 Å². The van der Waals surface area contributed by atoms with Crippen molar-refractivity contribution in [3.8, 4) is 0 Å². The van der Waals surface area contributed by atoms with Crippen LogP contribution in [0.4, 0.5) is 4.79 Å². The molecule has 0 aromatic rings. The normalized spacial score (nSPS) is 43.7. The van der Waals surface area contributed by atoms with E-state index in [0.29, 0.717) is 24.9 Å². The maximum absolute atomic E-state index is 10.7. The first-order valence-corrected chi connectivity index (χ1v) is 4.68. The highest BCUT2D eigenvalue weighted by atomic mass is 16.4. The van der Waals surface area contributed by atoms with Crippen LogP contribution in [-0.4, -0.2) is 39.9 Å². The maximum Gasteiger partial charge on any atom is 0.407 e. The van der Waals surface area contributed by atoms with Crippen molar-refractivity contribution in [1.29, 1.82) is 0 Å². The van der Waals surface area contributed by atoms with Crippen molar-refractivity contribution in [2.75, 3.05) is 13.1 Å². The number of amides is 1. The maximum atomic E-state index is 10.7. The largest absolute Gasteiger partial charge is 0.465 e. The second kappa shape index (κ2) is 2.61. The standard InChI is InChI=1S/C9H15NO3/c1-9(13)2-6-4-10(8(11)12)5-7(6)3-9/h6-7,13H,2-5H2,1H3,(H,11,12). The highest BCUT2D eigenvalue weighted by molar-refractivity contribution is 5.65. The molecule has 2 rings (SSSR count). The summed E-state index contributed by atoms with van der Waals surface area (Å²) in [5, 5.41) is 18.5. The van der Waals surface area contributed by atoms with E-state index in [9.17, 15) is 9.90 Å². The lowest BCUT2D eigenvalue weighted by Gasteiger charge is -2.19. The summed E-state index contributed by atoms with van der Waals surface area (Å²) in [6.07, 6.45) is 0.678. The topological polar surface area (TPSA) is 60.8 Å². The van der Waals surface area contributed by atoms with Crippen LogP contribution in [0.3, 0.4) is 0 Å². The fraction of sp³-hybridized carbons (Fsp3) is 0.889. The molecule has 74 valence electrons. The van der Waals surface area contributed by atoms with Gasteiger partial charge < -0.3 is 15.1 Å². The molecule has 0 aromatic heterocycles. The number of hydrogen-bond donors (Lipinski definition) is 2. The van der Waals surface area contributed by atoms with Crippen LogP contribution in [0.5, 0.6) is 0 Å². The fourth-order valence-corrected chi connectivity index (χ4v) is 2.77. The Bertz CT molecular complexity index is 223. The molecule has 2 atom stereocenters. The van der Waals surface area contributed by atoms with Crippen LogP contribution in [-0.2, 0) is 0 Å². The number of likely N-dealkylation sites (tertiary alicyclic amines) is 1. The molecule has 0 spiro atoms. The lowest BCUT2D eigenvalue weighted by atomic mass is 10.0. The SMILES string of the molecule is CC1(O)CC2CN(C(=O)O)CC2C1. The summed E-state index contributed by atoms with van der Waals surface area (Å²) in [7, 11) is 0. The Hall–Kier alpha value is -0.770. The highest BCUT2D eigenvalue weighted by Crippen LogP contribution is 2.43. The number of fused-ring (bicyclic) bond motifs is 1. The number of nitrogens with zero attached hydrogens (tertiary/aromatic N) is 1. The summed E-state index contributed by atoms with van der Waals surface area (Å²) < 4.78 is 0. The Kier molecular flexibility index (Phi) is 1.77. The first kappa shape index (κ1) is 8.81. The van der Waals surface area contributed by atoms with Crippen LogP contribution in [0.1, 0.15) is 19.8 Å². The van der Waals surface area contributed by atoms with Crippen molar-refractivity contribution in [1.82, 2.24) is 4.90 Å². The van der Waals surface area contributed by atoms with Gasteiger partial charge in [0.25, 0.3) is 0 Å².